The first-order valence-electron chi connectivity index (χ1n) is 12.5. The fraction of sp³-hybridized carbons (Fsp3) is 0.333. The molecule has 0 bridgehead atoms. The summed E-state index contributed by atoms with van der Waals surface area (Å²) in [6, 6.07) is 22.6. The van der Waals surface area contributed by atoms with Gasteiger partial charge in [-0.25, -0.2) is 4.39 Å². The fourth-order valence-corrected chi connectivity index (χ4v) is 4.04. The molecule has 0 fully saturated rings. The third kappa shape index (κ3) is 7.41. The number of carbonyl (C=O) groups excluding carboxylic acids is 2. The van der Waals surface area contributed by atoms with Crippen LogP contribution in [-0.2, 0) is 22.6 Å². The third-order valence-electron chi connectivity index (χ3n) is 6.01. The molecule has 1 N–H and O–H groups in total. The van der Waals surface area contributed by atoms with Crippen LogP contribution in [0.1, 0.15) is 49.8 Å². The van der Waals surface area contributed by atoms with E-state index in [0.717, 1.165) is 17.5 Å². The van der Waals surface area contributed by atoms with Crippen molar-refractivity contribution in [3.8, 4) is 5.75 Å². The maximum absolute atomic E-state index is 14.6. The number of ether oxygens (including phenoxy) is 1. The van der Waals surface area contributed by atoms with Gasteiger partial charge in [0.05, 0.1) is 0 Å². The summed E-state index contributed by atoms with van der Waals surface area (Å²) < 4.78 is 20.6. The Morgan fingerprint density at radius 2 is 1.61 bits per heavy atom. The van der Waals surface area contributed by atoms with Crippen molar-refractivity contribution in [2.24, 2.45) is 0 Å². The minimum absolute atomic E-state index is 0.0439. The molecule has 6 heteroatoms. The van der Waals surface area contributed by atoms with Gasteiger partial charge in [0.25, 0.3) is 5.91 Å². The first-order valence-corrected chi connectivity index (χ1v) is 12.5. The maximum atomic E-state index is 14.6. The van der Waals surface area contributed by atoms with Crippen LogP contribution < -0.4 is 10.1 Å². The molecule has 36 heavy (non-hydrogen) atoms. The highest BCUT2D eigenvalue weighted by atomic mass is 19.1. The summed E-state index contributed by atoms with van der Waals surface area (Å²) in [4.78, 5) is 28.4. The van der Waals surface area contributed by atoms with E-state index in [2.05, 4.69) is 19.2 Å². The average molecular weight is 491 g/mol. The fourth-order valence-electron chi connectivity index (χ4n) is 4.04. The summed E-state index contributed by atoms with van der Waals surface area (Å²) in [7, 11) is 0. The Kier molecular flexibility index (Phi) is 10.0. The van der Waals surface area contributed by atoms with Crippen molar-refractivity contribution >= 4 is 11.8 Å². The second-order valence-corrected chi connectivity index (χ2v) is 9.09. The summed E-state index contributed by atoms with van der Waals surface area (Å²) >= 11 is 0. The monoisotopic (exact) mass is 490 g/mol. The zero-order chi connectivity index (χ0) is 25.9. The first-order chi connectivity index (χ1) is 17.4. The van der Waals surface area contributed by atoms with Gasteiger partial charge in [0.1, 0.15) is 17.6 Å². The maximum Gasteiger partial charge on any atom is 0.261 e. The van der Waals surface area contributed by atoms with Crippen LogP contribution in [0.4, 0.5) is 4.39 Å². The van der Waals surface area contributed by atoms with Crippen LogP contribution in [-0.4, -0.2) is 35.9 Å². The quantitative estimate of drug-likeness (QED) is 0.365. The van der Waals surface area contributed by atoms with Gasteiger partial charge in [-0.15, -0.1) is 0 Å². The Morgan fingerprint density at radius 1 is 0.944 bits per heavy atom. The number of carbonyl (C=O) groups is 2. The van der Waals surface area contributed by atoms with Crippen LogP contribution in [0.15, 0.2) is 78.9 Å². The van der Waals surface area contributed by atoms with Crippen molar-refractivity contribution < 1.29 is 18.7 Å². The standard InChI is InChI=1S/C30H35FN2O3/c1-4-18-32-30(35)27(19-23-12-6-5-7-13-23)33(20-24-14-8-10-16-26(24)31)29(34)21-36-28-17-11-9-15-25(28)22(2)3/h5-17,22,27H,4,18-21H2,1-3H3,(H,32,35). The van der Waals surface area contributed by atoms with E-state index < -0.39 is 11.9 Å². The lowest BCUT2D eigenvalue weighted by Gasteiger charge is -2.31. The topological polar surface area (TPSA) is 58.6 Å². The number of halogens is 1. The Hall–Kier alpha value is -3.67. The molecule has 1 unspecified atom stereocenters. The lowest BCUT2D eigenvalue weighted by Crippen LogP contribution is -2.52. The number of para-hydroxylation sites is 1. The number of nitrogens with zero attached hydrogens (tertiary/aromatic N) is 1. The van der Waals surface area contributed by atoms with E-state index in [4.69, 9.17) is 4.74 Å². The molecule has 0 aliphatic heterocycles. The average Bonchev–Trinajstić information content (AvgIpc) is 2.89. The van der Waals surface area contributed by atoms with Gasteiger partial charge in [-0.05, 0) is 35.6 Å². The molecule has 0 saturated carbocycles. The molecule has 5 nitrogen and oxygen atoms in total. The lowest BCUT2D eigenvalue weighted by molar-refractivity contribution is -0.142. The van der Waals surface area contributed by atoms with Crippen LogP contribution in [0.25, 0.3) is 0 Å². The van der Waals surface area contributed by atoms with Gasteiger partial charge in [-0.3, -0.25) is 9.59 Å². The smallest absolute Gasteiger partial charge is 0.261 e. The van der Waals surface area contributed by atoms with E-state index in [1.165, 1.54) is 11.0 Å². The van der Waals surface area contributed by atoms with E-state index in [1.807, 2.05) is 61.5 Å². The predicted molar refractivity (Wildman–Crippen MR) is 140 cm³/mol. The van der Waals surface area contributed by atoms with Crippen molar-refractivity contribution in [2.75, 3.05) is 13.2 Å². The summed E-state index contributed by atoms with van der Waals surface area (Å²) in [6.07, 6.45) is 1.07. The molecule has 3 rings (SSSR count). The third-order valence-corrected chi connectivity index (χ3v) is 6.01. The normalized spacial score (nSPS) is 11.7. The molecule has 0 aliphatic carbocycles. The van der Waals surface area contributed by atoms with Crippen molar-refractivity contribution in [2.45, 2.75) is 52.1 Å². The van der Waals surface area contributed by atoms with Crippen LogP contribution in [0, 0.1) is 5.82 Å². The van der Waals surface area contributed by atoms with Gasteiger partial charge in [-0.1, -0.05) is 87.5 Å². The van der Waals surface area contributed by atoms with Gasteiger partial charge in [0.2, 0.25) is 5.91 Å². The molecule has 0 aliphatic rings. The predicted octanol–water partition coefficient (Wildman–Crippen LogP) is 5.49. The van der Waals surface area contributed by atoms with Crippen molar-refractivity contribution in [1.82, 2.24) is 10.2 Å². The summed E-state index contributed by atoms with van der Waals surface area (Å²) in [6.45, 7) is 6.27. The van der Waals surface area contributed by atoms with Gasteiger partial charge in [-0.2, -0.15) is 0 Å². The zero-order valence-corrected chi connectivity index (χ0v) is 21.2. The van der Waals surface area contributed by atoms with Crippen LogP contribution in [0.5, 0.6) is 5.75 Å². The molecule has 3 aromatic carbocycles. The number of nitrogens with one attached hydrogen (secondary N) is 1. The Balaban J connectivity index is 1.92. The molecule has 0 radical (unpaired) electrons. The Morgan fingerprint density at radius 3 is 2.31 bits per heavy atom. The van der Waals surface area contributed by atoms with Gasteiger partial charge in [0, 0.05) is 25.1 Å². The SMILES string of the molecule is CCCNC(=O)C(Cc1ccccc1)N(Cc1ccccc1F)C(=O)COc1ccccc1C(C)C. The van der Waals surface area contributed by atoms with Gasteiger partial charge < -0.3 is 15.0 Å². The summed E-state index contributed by atoms with van der Waals surface area (Å²) in [5, 5.41) is 2.92. The van der Waals surface area contributed by atoms with Gasteiger partial charge in [0.15, 0.2) is 6.61 Å². The molecule has 0 saturated heterocycles. The minimum Gasteiger partial charge on any atom is -0.483 e. The molecule has 0 spiro atoms. The summed E-state index contributed by atoms with van der Waals surface area (Å²) in [5.74, 6) is -0.232. The Bertz CT molecular complexity index is 1130. The second kappa shape index (κ2) is 13.4. The lowest BCUT2D eigenvalue weighted by atomic mass is 10.0. The van der Waals surface area contributed by atoms with Crippen molar-refractivity contribution in [1.29, 1.82) is 0 Å². The number of benzene rings is 3. The highest BCUT2D eigenvalue weighted by Gasteiger charge is 2.31. The van der Waals surface area contributed by atoms with Gasteiger partial charge >= 0.3 is 0 Å². The van der Waals surface area contributed by atoms with Crippen LogP contribution in [0.3, 0.4) is 0 Å². The van der Waals surface area contributed by atoms with E-state index >= 15 is 0 Å². The molecular formula is C30H35FN2O3. The molecule has 2 amide bonds. The number of hydrogen-bond acceptors (Lipinski definition) is 3. The van der Waals surface area contributed by atoms with Crippen molar-refractivity contribution in [3.63, 3.8) is 0 Å². The van der Waals surface area contributed by atoms with E-state index in [-0.39, 0.29) is 30.9 Å². The molecule has 3 aromatic rings. The number of amides is 2. The van der Waals surface area contributed by atoms with Crippen LogP contribution >= 0.6 is 0 Å². The highest BCUT2D eigenvalue weighted by Crippen LogP contribution is 2.26. The zero-order valence-electron chi connectivity index (χ0n) is 21.2. The largest absolute Gasteiger partial charge is 0.483 e. The van der Waals surface area contributed by atoms with E-state index in [1.54, 1.807) is 18.2 Å². The van der Waals surface area contributed by atoms with Crippen LogP contribution in [0.2, 0.25) is 0 Å². The van der Waals surface area contributed by atoms with E-state index in [0.29, 0.717) is 24.3 Å². The van der Waals surface area contributed by atoms with Crippen molar-refractivity contribution in [3.05, 3.63) is 101 Å². The summed E-state index contributed by atoms with van der Waals surface area (Å²) in [5.41, 5.74) is 2.24. The van der Waals surface area contributed by atoms with E-state index in [9.17, 15) is 14.0 Å². The molecule has 0 aromatic heterocycles. The second-order valence-electron chi connectivity index (χ2n) is 9.09. The number of hydrogen-bond donors (Lipinski definition) is 1. The first kappa shape index (κ1) is 26.9. The molecule has 0 heterocycles. The Labute approximate surface area is 213 Å². The number of rotatable bonds is 12. The molecular weight excluding hydrogens is 455 g/mol. The minimum atomic E-state index is -0.824. The molecule has 1 atom stereocenters. The molecule has 190 valence electrons. The highest BCUT2D eigenvalue weighted by molar-refractivity contribution is 5.88.